The van der Waals surface area contributed by atoms with Crippen molar-refractivity contribution in [2.75, 3.05) is 13.2 Å². The predicted octanol–water partition coefficient (Wildman–Crippen LogP) is -0.393. The van der Waals surface area contributed by atoms with Gasteiger partial charge in [-0.15, -0.1) is 0 Å². The van der Waals surface area contributed by atoms with Crippen LogP contribution >= 0.6 is 0 Å². The zero-order valence-corrected chi connectivity index (χ0v) is 10.2. The second-order valence-corrected chi connectivity index (χ2v) is 4.02. The largest absolute Gasteiger partial charge is 0.454 e. The second-order valence-electron chi connectivity index (χ2n) is 4.02. The summed E-state index contributed by atoms with van der Waals surface area (Å²) in [7, 11) is 0. The Labute approximate surface area is 109 Å². The average molecular weight is 265 g/mol. The van der Waals surface area contributed by atoms with Gasteiger partial charge in [-0.1, -0.05) is 0 Å². The number of hydrogen-bond acceptors (Lipinski definition) is 5. The van der Waals surface area contributed by atoms with Crippen molar-refractivity contribution in [2.24, 2.45) is 0 Å². The first-order chi connectivity index (χ1) is 9.19. The molecule has 0 aliphatic heterocycles. The molecule has 7 nitrogen and oxygen atoms in total. The van der Waals surface area contributed by atoms with Crippen molar-refractivity contribution in [2.45, 2.75) is 12.6 Å². The lowest BCUT2D eigenvalue weighted by Gasteiger charge is -2.07. The summed E-state index contributed by atoms with van der Waals surface area (Å²) in [4.78, 5) is 11.7. The minimum Gasteiger partial charge on any atom is -0.454 e. The number of rotatable bonds is 6. The van der Waals surface area contributed by atoms with Gasteiger partial charge in [-0.2, -0.15) is 5.10 Å². The van der Waals surface area contributed by atoms with Crippen LogP contribution < -0.4 is 5.32 Å². The number of carbonyl (C=O) groups excluding carboxylic acids is 1. The summed E-state index contributed by atoms with van der Waals surface area (Å²) < 4.78 is 7.04. The molecule has 19 heavy (non-hydrogen) atoms. The van der Waals surface area contributed by atoms with Crippen LogP contribution in [0.15, 0.2) is 35.0 Å². The van der Waals surface area contributed by atoms with Crippen LogP contribution in [0.3, 0.4) is 0 Å². The highest BCUT2D eigenvalue weighted by Gasteiger charge is 2.12. The third-order valence-electron chi connectivity index (χ3n) is 2.47. The van der Waals surface area contributed by atoms with Gasteiger partial charge >= 0.3 is 0 Å². The number of furan rings is 1. The molecule has 2 heterocycles. The van der Waals surface area contributed by atoms with Gasteiger partial charge in [0.25, 0.3) is 5.91 Å². The summed E-state index contributed by atoms with van der Waals surface area (Å²) in [5.74, 6) is 0.336. The molecule has 0 saturated carbocycles. The highest BCUT2D eigenvalue weighted by molar-refractivity contribution is 5.91. The number of carbonyl (C=O) groups is 1. The molecule has 1 amide bonds. The Hall–Kier alpha value is -2.12. The molecule has 0 aliphatic rings. The van der Waals surface area contributed by atoms with Crippen molar-refractivity contribution in [1.82, 2.24) is 15.1 Å². The summed E-state index contributed by atoms with van der Waals surface area (Å²) in [5.41, 5.74) is 0. The second kappa shape index (κ2) is 6.17. The Morgan fingerprint density at radius 1 is 1.53 bits per heavy atom. The average Bonchev–Trinajstić information content (AvgIpc) is 3.07. The smallest absolute Gasteiger partial charge is 0.287 e. The maximum Gasteiger partial charge on any atom is 0.287 e. The highest BCUT2D eigenvalue weighted by Crippen LogP contribution is 2.09. The van der Waals surface area contributed by atoms with Gasteiger partial charge in [0, 0.05) is 18.9 Å². The van der Waals surface area contributed by atoms with Gasteiger partial charge in [-0.3, -0.25) is 9.48 Å². The van der Waals surface area contributed by atoms with Crippen LogP contribution in [0, 0.1) is 0 Å². The molecule has 0 aromatic carbocycles. The van der Waals surface area contributed by atoms with Crippen LogP contribution in [-0.2, 0) is 6.54 Å². The first-order valence-electron chi connectivity index (χ1n) is 5.82. The molecular weight excluding hydrogens is 250 g/mol. The van der Waals surface area contributed by atoms with Crippen molar-refractivity contribution in [1.29, 1.82) is 0 Å². The van der Waals surface area contributed by atoms with E-state index in [1.54, 1.807) is 35.3 Å². The van der Waals surface area contributed by atoms with E-state index in [2.05, 4.69) is 10.4 Å². The molecular formula is C12H15N3O4. The van der Waals surface area contributed by atoms with E-state index >= 15 is 0 Å². The van der Waals surface area contributed by atoms with Crippen molar-refractivity contribution in [3.63, 3.8) is 0 Å². The number of amides is 1. The van der Waals surface area contributed by atoms with E-state index in [1.165, 1.54) is 0 Å². The van der Waals surface area contributed by atoms with Crippen molar-refractivity contribution in [3.05, 3.63) is 42.1 Å². The van der Waals surface area contributed by atoms with E-state index in [0.29, 0.717) is 12.3 Å². The van der Waals surface area contributed by atoms with Crippen molar-refractivity contribution < 1.29 is 19.4 Å². The molecule has 0 saturated heterocycles. The SMILES string of the molecule is O=C(NCC(O)CO)c1ccc(Cn2cccn2)o1. The summed E-state index contributed by atoms with van der Waals surface area (Å²) >= 11 is 0. The summed E-state index contributed by atoms with van der Waals surface area (Å²) in [6, 6.07) is 5.05. The van der Waals surface area contributed by atoms with Gasteiger partial charge < -0.3 is 19.9 Å². The fourth-order valence-corrected chi connectivity index (χ4v) is 1.50. The van der Waals surface area contributed by atoms with Crippen LogP contribution in [0.1, 0.15) is 16.3 Å². The first-order valence-corrected chi connectivity index (χ1v) is 5.82. The molecule has 1 atom stereocenters. The molecule has 0 bridgehead atoms. The molecule has 3 N–H and O–H groups in total. The molecule has 0 radical (unpaired) electrons. The Morgan fingerprint density at radius 3 is 3.05 bits per heavy atom. The van der Waals surface area contributed by atoms with Crippen molar-refractivity contribution in [3.8, 4) is 0 Å². The standard InChI is InChI=1S/C12H15N3O4/c16-8-9(17)6-13-12(18)11-3-2-10(19-11)7-15-5-1-4-14-15/h1-5,9,16-17H,6-8H2,(H,13,18). The normalized spacial score (nSPS) is 12.3. The zero-order chi connectivity index (χ0) is 13.7. The molecule has 102 valence electrons. The molecule has 1 unspecified atom stereocenters. The molecule has 2 aromatic heterocycles. The van der Waals surface area contributed by atoms with Crippen LogP contribution in [0.4, 0.5) is 0 Å². The van der Waals surface area contributed by atoms with Crippen LogP contribution in [-0.4, -0.2) is 45.2 Å². The maximum absolute atomic E-state index is 11.7. The monoisotopic (exact) mass is 265 g/mol. The van der Waals surface area contributed by atoms with Gasteiger partial charge in [0.05, 0.1) is 19.3 Å². The van der Waals surface area contributed by atoms with Crippen molar-refractivity contribution >= 4 is 5.91 Å². The van der Waals surface area contributed by atoms with Gasteiger partial charge in [-0.05, 0) is 18.2 Å². The molecule has 0 spiro atoms. The molecule has 2 aromatic rings. The summed E-state index contributed by atoms with van der Waals surface area (Å²) in [6.45, 7) is 0.0209. The number of aromatic nitrogens is 2. The predicted molar refractivity (Wildman–Crippen MR) is 65.5 cm³/mol. The lowest BCUT2D eigenvalue weighted by Crippen LogP contribution is -2.33. The Morgan fingerprint density at radius 2 is 2.37 bits per heavy atom. The maximum atomic E-state index is 11.7. The number of aliphatic hydroxyl groups is 2. The lowest BCUT2D eigenvalue weighted by molar-refractivity contribution is 0.0783. The van der Waals surface area contributed by atoms with E-state index in [9.17, 15) is 4.79 Å². The van der Waals surface area contributed by atoms with E-state index in [1.807, 2.05) is 0 Å². The van der Waals surface area contributed by atoms with Gasteiger partial charge in [0.2, 0.25) is 0 Å². The molecule has 0 fully saturated rings. The fraction of sp³-hybridized carbons (Fsp3) is 0.333. The quantitative estimate of drug-likeness (QED) is 0.660. The van der Waals surface area contributed by atoms with E-state index in [-0.39, 0.29) is 12.3 Å². The van der Waals surface area contributed by atoms with E-state index < -0.39 is 18.6 Å². The van der Waals surface area contributed by atoms with Crippen LogP contribution in [0.2, 0.25) is 0 Å². The van der Waals surface area contributed by atoms with Crippen LogP contribution in [0.25, 0.3) is 0 Å². The first kappa shape index (κ1) is 13.3. The summed E-state index contributed by atoms with van der Waals surface area (Å²) in [6.07, 6.45) is 2.48. The minimum atomic E-state index is -0.970. The minimum absolute atomic E-state index is 0.0233. The third kappa shape index (κ3) is 3.67. The number of nitrogens with one attached hydrogen (secondary N) is 1. The zero-order valence-electron chi connectivity index (χ0n) is 10.2. The topological polar surface area (TPSA) is 101 Å². The lowest BCUT2D eigenvalue weighted by atomic mass is 10.3. The molecule has 2 rings (SSSR count). The Kier molecular flexibility index (Phi) is 4.32. The fourth-order valence-electron chi connectivity index (χ4n) is 1.50. The highest BCUT2D eigenvalue weighted by atomic mass is 16.4. The van der Waals surface area contributed by atoms with Gasteiger partial charge in [0.15, 0.2) is 5.76 Å². The Balaban J connectivity index is 1.91. The number of aliphatic hydroxyl groups excluding tert-OH is 2. The third-order valence-corrected chi connectivity index (χ3v) is 2.47. The number of nitrogens with zero attached hydrogens (tertiary/aromatic N) is 2. The van der Waals surface area contributed by atoms with E-state index in [4.69, 9.17) is 14.6 Å². The summed E-state index contributed by atoms with van der Waals surface area (Å²) in [5, 5.41) is 24.2. The molecule has 0 aliphatic carbocycles. The molecule has 7 heteroatoms. The van der Waals surface area contributed by atoms with E-state index in [0.717, 1.165) is 0 Å². The number of hydrogen-bond donors (Lipinski definition) is 3. The van der Waals surface area contributed by atoms with Gasteiger partial charge in [-0.25, -0.2) is 0 Å². The van der Waals surface area contributed by atoms with Gasteiger partial charge in [0.1, 0.15) is 5.76 Å². The Bertz CT molecular complexity index is 521. The van der Waals surface area contributed by atoms with Crippen LogP contribution in [0.5, 0.6) is 0 Å².